The third-order valence-electron chi connectivity index (χ3n) is 3.47. The van der Waals surface area contributed by atoms with Crippen molar-refractivity contribution in [3.63, 3.8) is 0 Å². The molecule has 1 aromatic rings. The van der Waals surface area contributed by atoms with Crippen molar-refractivity contribution in [2.24, 2.45) is 5.92 Å². The number of nitrogen functional groups attached to an aromatic ring is 1. The van der Waals surface area contributed by atoms with E-state index >= 15 is 0 Å². The van der Waals surface area contributed by atoms with Gasteiger partial charge in [0.1, 0.15) is 5.82 Å². The molecule has 3 N–H and O–H groups in total. The average molecular weight is 266 g/mol. The minimum absolute atomic E-state index is 0.793. The van der Waals surface area contributed by atoms with Crippen molar-refractivity contribution >= 4 is 11.5 Å². The maximum atomic E-state index is 6.03. The fraction of sp³-hybridized carbons (Fsp3) is 0.800. The summed E-state index contributed by atoms with van der Waals surface area (Å²) in [4.78, 5) is 0. The van der Waals surface area contributed by atoms with Crippen molar-refractivity contribution in [1.29, 1.82) is 0 Å². The molecule has 0 aromatic carbocycles. The Morgan fingerprint density at radius 3 is 2.53 bits per heavy atom. The lowest BCUT2D eigenvalue weighted by molar-refractivity contribution is 0.522. The fourth-order valence-corrected chi connectivity index (χ4v) is 2.25. The lowest BCUT2D eigenvalue weighted by Crippen LogP contribution is -2.09. The van der Waals surface area contributed by atoms with Crippen LogP contribution in [0.15, 0.2) is 0 Å². The van der Waals surface area contributed by atoms with Crippen LogP contribution in [-0.4, -0.2) is 16.3 Å². The van der Waals surface area contributed by atoms with E-state index in [-0.39, 0.29) is 0 Å². The molecule has 0 bridgehead atoms. The van der Waals surface area contributed by atoms with E-state index in [1.54, 1.807) is 0 Å². The molecule has 19 heavy (non-hydrogen) atoms. The first-order chi connectivity index (χ1) is 9.06. The predicted molar refractivity (Wildman–Crippen MR) is 83.5 cm³/mol. The normalized spacial score (nSPS) is 11.2. The Kier molecular flexibility index (Phi) is 6.74. The summed E-state index contributed by atoms with van der Waals surface area (Å²) in [6.45, 7) is 10.5. The van der Waals surface area contributed by atoms with Gasteiger partial charge in [0, 0.05) is 13.1 Å². The molecule has 0 aliphatic heterocycles. The molecule has 4 nitrogen and oxygen atoms in total. The van der Waals surface area contributed by atoms with E-state index in [0.717, 1.165) is 36.2 Å². The van der Waals surface area contributed by atoms with Crippen LogP contribution in [0.1, 0.15) is 58.6 Å². The van der Waals surface area contributed by atoms with Gasteiger partial charge in [0.05, 0.1) is 11.4 Å². The number of unbranched alkanes of at least 4 members (excludes halogenated alkanes) is 3. The molecule has 1 heterocycles. The van der Waals surface area contributed by atoms with Gasteiger partial charge >= 0.3 is 0 Å². The quantitative estimate of drug-likeness (QED) is 0.668. The van der Waals surface area contributed by atoms with Crippen molar-refractivity contribution in [1.82, 2.24) is 9.78 Å². The number of rotatable bonds is 9. The van der Waals surface area contributed by atoms with Gasteiger partial charge < -0.3 is 11.1 Å². The Morgan fingerprint density at radius 1 is 1.21 bits per heavy atom. The summed E-state index contributed by atoms with van der Waals surface area (Å²) in [6, 6.07) is 0. The summed E-state index contributed by atoms with van der Waals surface area (Å²) >= 11 is 0. The van der Waals surface area contributed by atoms with Crippen molar-refractivity contribution in [2.45, 2.75) is 66.3 Å². The van der Waals surface area contributed by atoms with Crippen LogP contribution in [0.3, 0.4) is 0 Å². The van der Waals surface area contributed by atoms with Crippen LogP contribution in [0.5, 0.6) is 0 Å². The van der Waals surface area contributed by atoms with E-state index in [1.165, 1.54) is 32.1 Å². The zero-order chi connectivity index (χ0) is 14.3. The highest BCUT2D eigenvalue weighted by molar-refractivity contribution is 5.64. The summed E-state index contributed by atoms with van der Waals surface area (Å²) in [5, 5.41) is 7.83. The SMILES string of the molecule is CCn1nc(C)c(N)c1NCCCCCCC(C)C. The van der Waals surface area contributed by atoms with E-state index in [1.807, 2.05) is 11.6 Å². The van der Waals surface area contributed by atoms with Crippen LogP contribution in [0.4, 0.5) is 11.5 Å². The van der Waals surface area contributed by atoms with Crippen molar-refractivity contribution < 1.29 is 0 Å². The molecule has 0 aliphatic rings. The maximum Gasteiger partial charge on any atom is 0.148 e. The number of nitrogens with zero attached hydrogens (tertiary/aromatic N) is 2. The number of nitrogens with two attached hydrogens (primary N) is 1. The molecule has 0 radical (unpaired) electrons. The van der Waals surface area contributed by atoms with Crippen LogP contribution in [0.25, 0.3) is 0 Å². The molecule has 0 amide bonds. The van der Waals surface area contributed by atoms with Crippen LogP contribution >= 0.6 is 0 Å². The molecule has 4 heteroatoms. The average Bonchev–Trinajstić information content (AvgIpc) is 2.64. The van der Waals surface area contributed by atoms with Gasteiger partial charge in [-0.15, -0.1) is 0 Å². The molecule has 110 valence electrons. The Hall–Kier alpha value is -1.19. The summed E-state index contributed by atoms with van der Waals surface area (Å²) in [5.41, 5.74) is 7.74. The maximum absolute atomic E-state index is 6.03. The lowest BCUT2D eigenvalue weighted by atomic mass is 10.0. The number of aryl methyl sites for hydroxylation is 2. The molecule has 1 aromatic heterocycles. The number of hydrogen-bond donors (Lipinski definition) is 2. The number of hydrogen-bond acceptors (Lipinski definition) is 3. The van der Waals surface area contributed by atoms with Crippen LogP contribution < -0.4 is 11.1 Å². The smallest absolute Gasteiger partial charge is 0.148 e. The van der Waals surface area contributed by atoms with Gasteiger partial charge in [-0.1, -0.05) is 39.5 Å². The zero-order valence-corrected chi connectivity index (χ0v) is 13.0. The Labute approximate surface area is 117 Å². The summed E-state index contributed by atoms with van der Waals surface area (Å²) < 4.78 is 1.95. The fourth-order valence-electron chi connectivity index (χ4n) is 2.25. The molecule has 0 saturated heterocycles. The van der Waals surface area contributed by atoms with Gasteiger partial charge in [0.2, 0.25) is 0 Å². The van der Waals surface area contributed by atoms with E-state index in [9.17, 15) is 0 Å². The first-order valence-corrected chi connectivity index (χ1v) is 7.63. The van der Waals surface area contributed by atoms with Gasteiger partial charge in [-0.25, -0.2) is 4.68 Å². The van der Waals surface area contributed by atoms with E-state index in [4.69, 9.17) is 5.73 Å². The second-order valence-electron chi connectivity index (χ2n) is 5.69. The van der Waals surface area contributed by atoms with Gasteiger partial charge in [-0.3, -0.25) is 0 Å². The highest BCUT2D eigenvalue weighted by atomic mass is 15.3. The van der Waals surface area contributed by atoms with E-state index in [0.29, 0.717) is 0 Å². The minimum atomic E-state index is 0.793. The highest BCUT2D eigenvalue weighted by Crippen LogP contribution is 2.22. The predicted octanol–water partition coefficient (Wildman–Crippen LogP) is 3.81. The van der Waals surface area contributed by atoms with Crippen molar-refractivity contribution in [3.8, 4) is 0 Å². The van der Waals surface area contributed by atoms with Crippen molar-refractivity contribution in [2.75, 3.05) is 17.6 Å². The van der Waals surface area contributed by atoms with Crippen molar-refractivity contribution in [3.05, 3.63) is 5.69 Å². The second-order valence-corrected chi connectivity index (χ2v) is 5.69. The van der Waals surface area contributed by atoms with Gasteiger partial charge in [0.15, 0.2) is 0 Å². The van der Waals surface area contributed by atoms with Crippen LogP contribution in [0, 0.1) is 12.8 Å². The minimum Gasteiger partial charge on any atom is -0.394 e. The molecular weight excluding hydrogens is 236 g/mol. The van der Waals surface area contributed by atoms with Crippen LogP contribution in [0.2, 0.25) is 0 Å². The molecule has 1 rings (SSSR count). The summed E-state index contributed by atoms with van der Waals surface area (Å²) in [5.74, 6) is 1.82. The number of nitrogens with one attached hydrogen (secondary N) is 1. The molecule has 0 spiro atoms. The third-order valence-corrected chi connectivity index (χ3v) is 3.47. The Bertz CT molecular complexity index is 368. The first kappa shape index (κ1) is 15.9. The Balaban J connectivity index is 2.22. The van der Waals surface area contributed by atoms with E-state index in [2.05, 4.69) is 31.2 Å². The zero-order valence-electron chi connectivity index (χ0n) is 13.0. The van der Waals surface area contributed by atoms with Gasteiger partial charge in [-0.2, -0.15) is 5.10 Å². The van der Waals surface area contributed by atoms with Gasteiger partial charge in [0.25, 0.3) is 0 Å². The second kappa shape index (κ2) is 8.08. The number of aromatic nitrogens is 2. The van der Waals surface area contributed by atoms with Gasteiger partial charge in [-0.05, 0) is 26.2 Å². The molecule has 0 fully saturated rings. The standard InChI is InChI=1S/C15H30N4/c1-5-19-15(14(16)13(4)18-19)17-11-9-7-6-8-10-12(2)3/h12,17H,5-11,16H2,1-4H3. The lowest BCUT2D eigenvalue weighted by Gasteiger charge is -2.09. The Morgan fingerprint density at radius 2 is 1.89 bits per heavy atom. The molecule has 0 aliphatic carbocycles. The largest absolute Gasteiger partial charge is 0.394 e. The summed E-state index contributed by atoms with van der Waals surface area (Å²) in [6.07, 6.45) is 6.53. The molecule has 0 unspecified atom stereocenters. The van der Waals surface area contributed by atoms with Crippen LogP contribution in [-0.2, 0) is 6.54 Å². The third kappa shape index (κ3) is 5.13. The highest BCUT2D eigenvalue weighted by Gasteiger charge is 2.10. The molecule has 0 saturated carbocycles. The number of anilines is 2. The summed E-state index contributed by atoms with van der Waals surface area (Å²) in [7, 11) is 0. The topological polar surface area (TPSA) is 55.9 Å². The van der Waals surface area contributed by atoms with E-state index < -0.39 is 0 Å². The molecular formula is C15H30N4. The first-order valence-electron chi connectivity index (χ1n) is 7.63. The monoisotopic (exact) mass is 266 g/mol. The molecule has 0 atom stereocenters.